The Hall–Kier alpha value is -2.16. The standard InChI is InChI=1S/C27H40FN5O2/c1-2-13-34-23-6-4-3-5-22(28)7-8-24(23)35-25-14-30-20-31-26(25)33-18-27(19-33)16-32(17-27)15-21-9-11-29-12-10-21/h4-8,14,21,23-24,29,31H,2-3,9-13,15-20H2,1H3/b6-4+,8-7-,22-5+/t23-,24?/m0/s1. The molecule has 3 saturated heterocycles. The van der Waals surface area contributed by atoms with E-state index in [4.69, 9.17) is 9.47 Å². The number of rotatable bonds is 8. The Bertz CT molecular complexity index is 878. The van der Waals surface area contributed by atoms with Gasteiger partial charge in [0, 0.05) is 44.7 Å². The second kappa shape index (κ2) is 11.3. The maximum absolute atomic E-state index is 14.1. The van der Waals surface area contributed by atoms with Gasteiger partial charge >= 0.3 is 0 Å². The van der Waals surface area contributed by atoms with Crippen molar-refractivity contribution in [3.8, 4) is 0 Å². The first-order valence-corrected chi connectivity index (χ1v) is 13.3. The van der Waals surface area contributed by atoms with Gasteiger partial charge < -0.3 is 29.9 Å². The maximum atomic E-state index is 14.1. The van der Waals surface area contributed by atoms with Crippen LogP contribution in [0.15, 0.2) is 52.8 Å². The summed E-state index contributed by atoms with van der Waals surface area (Å²) in [6.07, 6.45) is 13.9. The molecule has 0 radical (unpaired) electrons. The molecule has 8 heteroatoms. The third-order valence-corrected chi connectivity index (χ3v) is 7.56. The van der Waals surface area contributed by atoms with E-state index in [1.54, 1.807) is 18.4 Å². The molecular formula is C27H40FN5O2. The van der Waals surface area contributed by atoms with Crippen molar-refractivity contribution >= 4 is 6.21 Å². The van der Waals surface area contributed by atoms with Gasteiger partial charge in [0.15, 0.2) is 5.76 Å². The molecule has 3 fully saturated rings. The largest absolute Gasteiger partial charge is 0.478 e. The fourth-order valence-electron chi connectivity index (χ4n) is 5.86. The second-order valence-corrected chi connectivity index (χ2v) is 10.6. The van der Waals surface area contributed by atoms with E-state index in [2.05, 4.69) is 32.3 Å². The van der Waals surface area contributed by atoms with Gasteiger partial charge in [-0.05, 0) is 62.9 Å². The Balaban J connectivity index is 1.22. The van der Waals surface area contributed by atoms with Crippen LogP contribution in [0.3, 0.4) is 0 Å². The number of allylic oxidation sites excluding steroid dienone is 5. The summed E-state index contributed by atoms with van der Waals surface area (Å²) in [6.45, 7) is 11.3. The molecule has 4 heterocycles. The van der Waals surface area contributed by atoms with E-state index in [0.717, 1.165) is 31.2 Å². The molecule has 1 aliphatic carbocycles. The Labute approximate surface area is 208 Å². The fourth-order valence-corrected chi connectivity index (χ4v) is 5.86. The molecule has 5 rings (SSSR count). The Morgan fingerprint density at radius 1 is 1.14 bits per heavy atom. The van der Waals surface area contributed by atoms with Crippen molar-refractivity contribution in [2.75, 3.05) is 59.1 Å². The minimum Gasteiger partial charge on any atom is -0.478 e. The molecule has 2 atom stereocenters. The minimum atomic E-state index is -0.439. The smallest absolute Gasteiger partial charge is 0.178 e. The molecule has 192 valence electrons. The van der Waals surface area contributed by atoms with Gasteiger partial charge in [0.25, 0.3) is 0 Å². The summed E-state index contributed by atoms with van der Waals surface area (Å²) in [7, 11) is 0. The van der Waals surface area contributed by atoms with Crippen LogP contribution in [0.5, 0.6) is 0 Å². The third-order valence-electron chi connectivity index (χ3n) is 7.56. The van der Waals surface area contributed by atoms with E-state index in [0.29, 0.717) is 30.9 Å². The summed E-state index contributed by atoms with van der Waals surface area (Å²) in [4.78, 5) is 9.41. The number of hydrogen-bond acceptors (Lipinski definition) is 7. The number of piperidine rings is 1. The topological polar surface area (TPSA) is 61.4 Å². The van der Waals surface area contributed by atoms with Crippen LogP contribution in [0.2, 0.25) is 0 Å². The van der Waals surface area contributed by atoms with Crippen molar-refractivity contribution in [3.63, 3.8) is 0 Å². The molecule has 0 aromatic rings. The Morgan fingerprint density at radius 3 is 2.77 bits per heavy atom. The lowest BCUT2D eigenvalue weighted by molar-refractivity contribution is -0.110. The zero-order chi connectivity index (χ0) is 24.1. The number of hydrogen-bond donors (Lipinski definition) is 2. The Kier molecular flexibility index (Phi) is 7.90. The normalized spacial score (nSPS) is 32.4. The van der Waals surface area contributed by atoms with Crippen molar-refractivity contribution in [1.82, 2.24) is 20.4 Å². The highest BCUT2D eigenvalue weighted by Crippen LogP contribution is 2.42. The highest BCUT2D eigenvalue weighted by molar-refractivity contribution is 5.77. The van der Waals surface area contributed by atoms with Crippen molar-refractivity contribution in [3.05, 3.63) is 47.8 Å². The van der Waals surface area contributed by atoms with Crippen LogP contribution in [-0.4, -0.2) is 87.3 Å². The number of aliphatic imine (C=N–C) groups is 1. The molecule has 0 saturated carbocycles. The van der Waals surface area contributed by atoms with Gasteiger partial charge in [-0.25, -0.2) is 4.39 Å². The predicted octanol–water partition coefficient (Wildman–Crippen LogP) is 2.95. The number of likely N-dealkylation sites (tertiary alicyclic amines) is 2. The average Bonchev–Trinajstić information content (AvgIpc) is 2.91. The van der Waals surface area contributed by atoms with Crippen LogP contribution in [-0.2, 0) is 9.47 Å². The first-order valence-electron chi connectivity index (χ1n) is 13.3. The van der Waals surface area contributed by atoms with Crippen LogP contribution in [0.1, 0.15) is 32.6 Å². The zero-order valence-corrected chi connectivity index (χ0v) is 20.9. The van der Waals surface area contributed by atoms with Crippen LogP contribution in [0.4, 0.5) is 4.39 Å². The number of halogens is 1. The SMILES string of the molecule is CCCO[C@H]1/C=C/C/C=C(F)\C=C/C1OC1=C(N2CC3(CN(CC4CCNCC4)C3)C2)NCN=C1. The zero-order valence-electron chi connectivity index (χ0n) is 20.9. The van der Waals surface area contributed by atoms with Crippen molar-refractivity contribution < 1.29 is 13.9 Å². The maximum Gasteiger partial charge on any atom is 0.178 e. The summed E-state index contributed by atoms with van der Waals surface area (Å²) in [6, 6.07) is 0. The van der Waals surface area contributed by atoms with Gasteiger partial charge in [-0.1, -0.05) is 19.1 Å². The molecule has 5 aliphatic rings. The summed E-state index contributed by atoms with van der Waals surface area (Å²) in [5.74, 6) is 2.28. The van der Waals surface area contributed by atoms with Crippen molar-refractivity contribution in [2.24, 2.45) is 16.3 Å². The molecule has 1 unspecified atom stereocenters. The van der Waals surface area contributed by atoms with Gasteiger partial charge in [-0.15, -0.1) is 0 Å². The monoisotopic (exact) mass is 485 g/mol. The van der Waals surface area contributed by atoms with Gasteiger partial charge in [0.1, 0.15) is 30.5 Å². The lowest BCUT2D eigenvalue weighted by atomic mass is 9.72. The van der Waals surface area contributed by atoms with Crippen LogP contribution in [0, 0.1) is 11.3 Å². The third kappa shape index (κ3) is 5.98. The van der Waals surface area contributed by atoms with Gasteiger partial charge in [-0.3, -0.25) is 4.99 Å². The summed E-state index contributed by atoms with van der Waals surface area (Å²) < 4.78 is 26.6. The van der Waals surface area contributed by atoms with E-state index in [1.807, 2.05) is 12.2 Å². The van der Waals surface area contributed by atoms with Gasteiger partial charge in [0.05, 0.1) is 6.21 Å². The molecule has 0 aromatic carbocycles. The lowest BCUT2D eigenvalue weighted by Gasteiger charge is -2.62. The second-order valence-electron chi connectivity index (χ2n) is 10.6. The molecule has 2 N–H and O–H groups in total. The summed E-state index contributed by atoms with van der Waals surface area (Å²) >= 11 is 0. The quantitative estimate of drug-likeness (QED) is 0.516. The van der Waals surface area contributed by atoms with E-state index >= 15 is 0 Å². The highest BCUT2D eigenvalue weighted by Gasteiger charge is 2.52. The van der Waals surface area contributed by atoms with Crippen LogP contribution in [0.25, 0.3) is 0 Å². The van der Waals surface area contributed by atoms with Crippen molar-refractivity contribution in [1.29, 1.82) is 0 Å². The Morgan fingerprint density at radius 2 is 1.97 bits per heavy atom. The molecule has 35 heavy (non-hydrogen) atoms. The molecule has 1 spiro atoms. The molecule has 0 aromatic heterocycles. The number of ether oxygens (including phenoxy) is 2. The van der Waals surface area contributed by atoms with Crippen LogP contribution < -0.4 is 10.6 Å². The first kappa shape index (κ1) is 24.5. The van der Waals surface area contributed by atoms with Gasteiger partial charge in [0.2, 0.25) is 0 Å². The number of nitrogens with one attached hydrogen (secondary N) is 2. The molecule has 0 bridgehead atoms. The average molecular weight is 486 g/mol. The molecule has 4 aliphatic heterocycles. The van der Waals surface area contributed by atoms with E-state index in [1.165, 1.54) is 51.6 Å². The molecular weight excluding hydrogens is 445 g/mol. The van der Waals surface area contributed by atoms with E-state index in [-0.39, 0.29) is 11.9 Å². The highest BCUT2D eigenvalue weighted by atomic mass is 19.1. The van der Waals surface area contributed by atoms with Crippen LogP contribution >= 0.6 is 0 Å². The predicted molar refractivity (Wildman–Crippen MR) is 137 cm³/mol. The first-order chi connectivity index (χ1) is 17.1. The van der Waals surface area contributed by atoms with Crippen molar-refractivity contribution in [2.45, 2.75) is 44.8 Å². The number of nitrogens with zero attached hydrogens (tertiary/aromatic N) is 3. The fraction of sp³-hybridized carbons (Fsp3) is 0.667. The summed E-state index contributed by atoms with van der Waals surface area (Å²) in [5.41, 5.74) is 0.406. The summed E-state index contributed by atoms with van der Waals surface area (Å²) in [5, 5.41) is 6.89. The van der Waals surface area contributed by atoms with E-state index < -0.39 is 6.10 Å². The minimum absolute atomic E-state index is 0.257. The molecule has 7 nitrogen and oxygen atoms in total. The van der Waals surface area contributed by atoms with E-state index in [9.17, 15) is 4.39 Å². The van der Waals surface area contributed by atoms with Gasteiger partial charge in [-0.2, -0.15) is 0 Å². The molecule has 0 amide bonds. The lowest BCUT2D eigenvalue weighted by Crippen LogP contribution is -2.72.